The summed E-state index contributed by atoms with van der Waals surface area (Å²) < 4.78 is 0. The number of rotatable bonds is 2. The highest BCUT2D eigenvalue weighted by atomic mass is 14.8. The molecule has 2 atom stereocenters. The van der Waals surface area contributed by atoms with Crippen LogP contribution in [0.1, 0.15) is 50.7 Å². The van der Waals surface area contributed by atoms with E-state index in [-0.39, 0.29) is 5.41 Å². The van der Waals surface area contributed by atoms with Crippen molar-refractivity contribution in [2.24, 2.45) is 11.1 Å². The van der Waals surface area contributed by atoms with Gasteiger partial charge in [0.1, 0.15) is 0 Å². The van der Waals surface area contributed by atoms with Crippen molar-refractivity contribution in [3.8, 4) is 0 Å². The summed E-state index contributed by atoms with van der Waals surface area (Å²) >= 11 is 0. The van der Waals surface area contributed by atoms with Gasteiger partial charge in [-0.15, -0.1) is 0 Å². The lowest BCUT2D eigenvalue weighted by Crippen LogP contribution is -2.06. The molecule has 2 N–H and O–H groups in total. The molecule has 1 heteroatoms. The normalized spacial score (nSPS) is 28.1. The molecule has 0 spiro atoms. The molecule has 1 fully saturated rings. The fraction of sp³-hybridized carbons (Fsp3) is 0.571. The highest BCUT2D eigenvalue weighted by Crippen LogP contribution is 2.58. The summed E-state index contributed by atoms with van der Waals surface area (Å²) in [6, 6.07) is 9.06. The third-order valence-electron chi connectivity index (χ3n) is 3.86. The van der Waals surface area contributed by atoms with Crippen LogP contribution in [0.15, 0.2) is 24.3 Å². The Labute approximate surface area is 92.7 Å². The van der Waals surface area contributed by atoms with Crippen LogP contribution in [0.3, 0.4) is 0 Å². The van der Waals surface area contributed by atoms with Crippen LogP contribution >= 0.6 is 0 Å². The maximum absolute atomic E-state index is 6.15. The molecule has 0 aliphatic heterocycles. The maximum atomic E-state index is 6.15. The minimum Gasteiger partial charge on any atom is -0.327 e. The smallest absolute Gasteiger partial charge is 0.0172 e. The van der Waals surface area contributed by atoms with E-state index in [0.717, 1.165) is 0 Å². The van der Waals surface area contributed by atoms with Crippen LogP contribution in [0, 0.1) is 5.41 Å². The number of hydrogen-bond donors (Lipinski definition) is 1. The largest absolute Gasteiger partial charge is 0.327 e. The summed E-state index contributed by atoms with van der Waals surface area (Å²) in [6.07, 6.45) is 0. The van der Waals surface area contributed by atoms with Crippen molar-refractivity contribution in [2.75, 3.05) is 0 Å². The van der Waals surface area contributed by atoms with Gasteiger partial charge in [0.15, 0.2) is 0 Å². The van der Waals surface area contributed by atoms with Crippen molar-refractivity contribution in [3.63, 3.8) is 0 Å². The number of hydrogen-bond acceptors (Lipinski definition) is 1. The first-order valence-corrected chi connectivity index (χ1v) is 5.80. The minimum absolute atomic E-state index is 0.283. The Morgan fingerprint density at radius 1 is 1.20 bits per heavy atom. The van der Waals surface area contributed by atoms with Crippen LogP contribution in [0.2, 0.25) is 0 Å². The van der Waals surface area contributed by atoms with E-state index in [4.69, 9.17) is 5.73 Å². The van der Waals surface area contributed by atoms with Crippen molar-refractivity contribution in [3.05, 3.63) is 35.4 Å². The number of benzene rings is 1. The first-order valence-electron chi connectivity index (χ1n) is 5.80. The Morgan fingerprint density at radius 2 is 1.73 bits per heavy atom. The van der Waals surface area contributed by atoms with Gasteiger partial charge < -0.3 is 5.73 Å². The van der Waals surface area contributed by atoms with Crippen molar-refractivity contribution >= 4 is 0 Å². The Bertz CT molecular complexity index is 365. The van der Waals surface area contributed by atoms with E-state index in [2.05, 4.69) is 52.0 Å². The van der Waals surface area contributed by atoms with E-state index >= 15 is 0 Å². The molecule has 1 aliphatic rings. The van der Waals surface area contributed by atoms with Gasteiger partial charge in [0.05, 0.1) is 0 Å². The molecule has 0 heterocycles. The predicted octanol–water partition coefficient (Wildman–Crippen LogP) is 3.26. The Kier molecular flexibility index (Phi) is 2.38. The molecular weight excluding hydrogens is 182 g/mol. The van der Waals surface area contributed by atoms with E-state index in [0.29, 0.717) is 17.9 Å². The van der Waals surface area contributed by atoms with Crippen molar-refractivity contribution in [1.29, 1.82) is 0 Å². The molecule has 0 aromatic heterocycles. The van der Waals surface area contributed by atoms with Gasteiger partial charge >= 0.3 is 0 Å². The molecule has 1 nitrogen and oxygen atoms in total. The molecule has 0 amide bonds. The topological polar surface area (TPSA) is 26.0 Å². The van der Waals surface area contributed by atoms with Crippen LogP contribution in [0.5, 0.6) is 0 Å². The summed E-state index contributed by atoms with van der Waals surface area (Å²) in [5.41, 5.74) is 9.35. The van der Waals surface area contributed by atoms with Gasteiger partial charge in [0.25, 0.3) is 0 Å². The standard InChI is InChI=1S/C14H21N/c1-9(2)10-7-5-6-8-11(10)12-13(15)14(12,3)4/h5-9,12-13H,15H2,1-4H3/t12-,13-/m0/s1. The number of nitrogens with two attached hydrogens (primary N) is 1. The first-order chi connectivity index (χ1) is 6.96. The van der Waals surface area contributed by atoms with Gasteiger partial charge in [0, 0.05) is 12.0 Å². The Morgan fingerprint density at radius 3 is 2.20 bits per heavy atom. The van der Waals surface area contributed by atoms with E-state index in [1.54, 1.807) is 0 Å². The second kappa shape index (κ2) is 3.34. The molecule has 1 aliphatic carbocycles. The molecule has 1 aromatic carbocycles. The minimum atomic E-state index is 0.283. The van der Waals surface area contributed by atoms with Gasteiger partial charge in [0.2, 0.25) is 0 Å². The lowest BCUT2D eigenvalue weighted by atomic mass is 9.92. The van der Waals surface area contributed by atoms with Gasteiger partial charge in [-0.2, -0.15) is 0 Å². The SMILES string of the molecule is CC(C)c1ccccc1[C@H]1[C@H](N)C1(C)C. The second-order valence-corrected chi connectivity index (χ2v) is 5.61. The molecular formula is C14H21N. The highest BCUT2D eigenvalue weighted by Gasteiger charge is 2.56. The fourth-order valence-electron chi connectivity index (χ4n) is 2.59. The molecule has 0 bridgehead atoms. The van der Waals surface area contributed by atoms with Gasteiger partial charge in [-0.3, -0.25) is 0 Å². The van der Waals surface area contributed by atoms with Gasteiger partial charge in [-0.1, -0.05) is 52.0 Å². The quantitative estimate of drug-likeness (QED) is 0.784. The maximum Gasteiger partial charge on any atom is 0.0172 e. The van der Waals surface area contributed by atoms with Gasteiger partial charge in [-0.25, -0.2) is 0 Å². The van der Waals surface area contributed by atoms with Gasteiger partial charge in [-0.05, 0) is 22.5 Å². The fourth-order valence-corrected chi connectivity index (χ4v) is 2.59. The Hall–Kier alpha value is -0.820. The zero-order valence-electron chi connectivity index (χ0n) is 10.1. The molecule has 0 unspecified atom stereocenters. The van der Waals surface area contributed by atoms with Crippen molar-refractivity contribution in [2.45, 2.75) is 45.6 Å². The van der Waals surface area contributed by atoms with E-state index in [1.165, 1.54) is 11.1 Å². The summed E-state index contributed by atoms with van der Waals surface area (Å²) in [6.45, 7) is 9.03. The third-order valence-corrected chi connectivity index (χ3v) is 3.86. The average Bonchev–Trinajstić information content (AvgIpc) is 2.66. The third kappa shape index (κ3) is 1.59. The molecule has 1 saturated carbocycles. The summed E-state index contributed by atoms with van der Waals surface area (Å²) in [7, 11) is 0. The van der Waals surface area contributed by atoms with Crippen LogP contribution in [0.4, 0.5) is 0 Å². The predicted molar refractivity (Wildman–Crippen MR) is 65.0 cm³/mol. The summed E-state index contributed by atoms with van der Waals surface area (Å²) in [4.78, 5) is 0. The summed E-state index contributed by atoms with van der Waals surface area (Å²) in [5, 5.41) is 0. The zero-order valence-corrected chi connectivity index (χ0v) is 10.1. The van der Waals surface area contributed by atoms with Crippen LogP contribution in [0.25, 0.3) is 0 Å². The highest BCUT2D eigenvalue weighted by molar-refractivity contribution is 5.41. The van der Waals surface area contributed by atoms with E-state index in [9.17, 15) is 0 Å². The lowest BCUT2D eigenvalue weighted by Gasteiger charge is -2.13. The second-order valence-electron chi connectivity index (χ2n) is 5.61. The Balaban J connectivity index is 2.38. The molecule has 82 valence electrons. The average molecular weight is 203 g/mol. The van der Waals surface area contributed by atoms with Crippen LogP contribution < -0.4 is 5.73 Å². The molecule has 15 heavy (non-hydrogen) atoms. The monoisotopic (exact) mass is 203 g/mol. The molecule has 1 aromatic rings. The molecule has 0 saturated heterocycles. The van der Waals surface area contributed by atoms with Crippen LogP contribution in [-0.4, -0.2) is 6.04 Å². The van der Waals surface area contributed by atoms with Crippen LogP contribution in [-0.2, 0) is 0 Å². The van der Waals surface area contributed by atoms with Crippen molar-refractivity contribution in [1.82, 2.24) is 0 Å². The van der Waals surface area contributed by atoms with Crippen molar-refractivity contribution < 1.29 is 0 Å². The lowest BCUT2D eigenvalue weighted by molar-refractivity contribution is 0.597. The molecule has 0 radical (unpaired) electrons. The van der Waals surface area contributed by atoms with E-state index < -0.39 is 0 Å². The zero-order chi connectivity index (χ0) is 11.2. The molecule has 2 rings (SSSR count). The first kappa shape index (κ1) is 10.7. The van der Waals surface area contributed by atoms with E-state index in [1.807, 2.05) is 0 Å². The summed E-state index contributed by atoms with van der Waals surface area (Å²) in [5.74, 6) is 1.14.